The van der Waals surface area contributed by atoms with Crippen LogP contribution in [-0.2, 0) is 16.0 Å². The summed E-state index contributed by atoms with van der Waals surface area (Å²) in [7, 11) is 2.95. The third-order valence-corrected chi connectivity index (χ3v) is 4.73. The molecule has 0 bridgehead atoms. The zero-order valence-corrected chi connectivity index (χ0v) is 15.8. The van der Waals surface area contributed by atoms with Crippen molar-refractivity contribution in [3.63, 3.8) is 0 Å². The number of carboxylic acids is 2. The van der Waals surface area contributed by atoms with Crippen LogP contribution in [0.15, 0.2) is 42.0 Å². The van der Waals surface area contributed by atoms with Gasteiger partial charge in [0.25, 0.3) is 0 Å². The molecule has 9 heteroatoms. The van der Waals surface area contributed by atoms with Crippen LogP contribution in [0.1, 0.15) is 11.1 Å². The van der Waals surface area contributed by atoms with Gasteiger partial charge in [-0.2, -0.15) is 8.75 Å². The Morgan fingerprint density at radius 3 is 2.36 bits per heavy atom. The molecule has 0 radical (unpaired) electrons. The molecule has 8 nitrogen and oxygen atoms in total. The maximum Gasteiger partial charge on any atom is 0.336 e. The molecule has 0 atom stereocenters. The Bertz CT molecular complexity index is 1090. The molecule has 0 fully saturated rings. The van der Waals surface area contributed by atoms with Gasteiger partial charge in [0.1, 0.15) is 22.5 Å². The second-order valence-electron chi connectivity index (χ2n) is 5.79. The van der Waals surface area contributed by atoms with Gasteiger partial charge in [0, 0.05) is 12.5 Å². The maximum atomic E-state index is 12.0. The number of benzene rings is 2. The Labute approximate surface area is 164 Å². The van der Waals surface area contributed by atoms with Gasteiger partial charge in [0.15, 0.2) is 0 Å². The van der Waals surface area contributed by atoms with Crippen LogP contribution in [0.2, 0.25) is 0 Å². The molecule has 1 heterocycles. The van der Waals surface area contributed by atoms with Gasteiger partial charge in [-0.05, 0) is 29.3 Å². The fraction of sp³-hybridized carbons (Fsp3) is 0.158. The molecule has 0 aliphatic rings. The topological polar surface area (TPSA) is 119 Å². The minimum atomic E-state index is -1.34. The van der Waals surface area contributed by atoms with Crippen molar-refractivity contribution >= 4 is 40.3 Å². The highest BCUT2D eigenvalue weighted by atomic mass is 32.1. The second-order valence-corrected chi connectivity index (χ2v) is 6.31. The number of aliphatic carboxylic acids is 2. The summed E-state index contributed by atoms with van der Waals surface area (Å²) in [6.07, 6.45) is -0.141. The first-order valence-corrected chi connectivity index (χ1v) is 8.81. The van der Waals surface area contributed by atoms with Gasteiger partial charge < -0.3 is 19.7 Å². The second kappa shape index (κ2) is 8.05. The van der Waals surface area contributed by atoms with Crippen molar-refractivity contribution in [2.24, 2.45) is 0 Å². The predicted octanol–water partition coefficient (Wildman–Crippen LogP) is 2.87. The molecule has 2 N–H and O–H groups in total. The van der Waals surface area contributed by atoms with Crippen LogP contribution in [0, 0.1) is 0 Å². The molecular formula is C19H16N2O6S. The normalized spacial score (nSPS) is 11.8. The van der Waals surface area contributed by atoms with Crippen molar-refractivity contribution in [1.82, 2.24) is 8.75 Å². The Kier molecular flexibility index (Phi) is 5.55. The van der Waals surface area contributed by atoms with Crippen molar-refractivity contribution in [3.05, 3.63) is 53.1 Å². The number of carbonyl (C=O) groups is 2. The van der Waals surface area contributed by atoms with Crippen molar-refractivity contribution in [1.29, 1.82) is 0 Å². The molecule has 0 saturated carbocycles. The van der Waals surface area contributed by atoms with Crippen LogP contribution >= 0.6 is 11.7 Å². The smallest absolute Gasteiger partial charge is 0.336 e. The molecule has 144 valence electrons. The van der Waals surface area contributed by atoms with Gasteiger partial charge >= 0.3 is 11.9 Å². The summed E-state index contributed by atoms with van der Waals surface area (Å²) < 4.78 is 18.6. The van der Waals surface area contributed by atoms with E-state index in [0.717, 1.165) is 11.7 Å². The average molecular weight is 400 g/mol. The predicted molar refractivity (Wildman–Crippen MR) is 103 cm³/mol. The first-order chi connectivity index (χ1) is 13.4. The monoisotopic (exact) mass is 400 g/mol. The molecule has 3 rings (SSSR count). The summed E-state index contributed by atoms with van der Waals surface area (Å²) in [6.45, 7) is 0. The quantitative estimate of drug-likeness (QED) is 0.581. The zero-order valence-electron chi connectivity index (χ0n) is 15.0. The highest BCUT2D eigenvalue weighted by Gasteiger charge is 2.24. The highest BCUT2D eigenvalue weighted by molar-refractivity contribution is 7.00. The number of aromatic nitrogens is 2. The van der Waals surface area contributed by atoms with Crippen LogP contribution < -0.4 is 9.47 Å². The molecule has 0 unspecified atom stereocenters. The molecule has 28 heavy (non-hydrogen) atoms. The Morgan fingerprint density at radius 1 is 0.964 bits per heavy atom. The van der Waals surface area contributed by atoms with E-state index in [2.05, 4.69) is 8.75 Å². The Hall–Kier alpha value is -3.46. The zero-order chi connectivity index (χ0) is 20.3. The molecule has 0 spiro atoms. The Morgan fingerprint density at radius 2 is 1.71 bits per heavy atom. The lowest BCUT2D eigenvalue weighted by molar-refractivity contribution is -0.134. The van der Waals surface area contributed by atoms with Crippen LogP contribution in [0.3, 0.4) is 0 Å². The van der Waals surface area contributed by atoms with Crippen molar-refractivity contribution in [3.8, 4) is 11.5 Å². The first-order valence-electron chi connectivity index (χ1n) is 8.08. The molecular weight excluding hydrogens is 384 g/mol. The lowest BCUT2D eigenvalue weighted by Gasteiger charge is -2.13. The van der Waals surface area contributed by atoms with Gasteiger partial charge in [0.2, 0.25) is 0 Å². The van der Waals surface area contributed by atoms with Gasteiger partial charge in [0.05, 0.1) is 37.1 Å². The van der Waals surface area contributed by atoms with Crippen molar-refractivity contribution < 1.29 is 29.3 Å². The van der Waals surface area contributed by atoms with E-state index in [-0.39, 0.29) is 23.1 Å². The van der Waals surface area contributed by atoms with E-state index in [9.17, 15) is 19.8 Å². The lowest BCUT2D eigenvalue weighted by Crippen LogP contribution is -2.13. The van der Waals surface area contributed by atoms with E-state index in [1.54, 1.807) is 24.3 Å². The number of hydrogen-bond acceptors (Lipinski definition) is 7. The molecule has 0 aliphatic carbocycles. The summed E-state index contributed by atoms with van der Waals surface area (Å²) in [5.74, 6) is -1.72. The van der Waals surface area contributed by atoms with E-state index in [0.29, 0.717) is 28.1 Å². The van der Waals surface area contributed by atoms with Crippen LogP contribution in [-0.4, -0.2) is 45.1 Å². The summed E-state index contributed by atoms with van der Waals surface area (Å²) in [6, 6.07) is 9.59. The molecule has 3 aromatic rings. The summed E-state index contributed by atoms with van der Waals surface area (Å²) in [4.78, 5) is 23.9. The van der Waals surface area contributed by atoms with Gasteiger partial charge in [-0.1, -0.05) is 12.1 Å². The van der Waals surface area contributed by atoms with Gasteiger partial charge in [-0.25, -0.2) is 9.59 Å². The highest BCUT2D eigenvalue weighted by Crippen LogP contribution is 2.30. The minimum absolute atomic E-state index is 0.141. The largest absolute Gasteiger partial charge is 0.497 e. The standard InChI is InChI=1S/C19H16N2O6S/c1-26-12-5-3-10(16(9-12)27-2)7-13(18(22)23)17(19(24)25)11-4-6-14-15(8-11)21-28-20-14/h3-6,8-9H,7H2,1-2H3,(H,22,23)(H,24,25). The minimum Gasteiger partial charge on any atom is -0.497 e. The van der Waals surface area contributed by atoms with Crippen LogP contribution in [0.4, 0.5) is 0 Å². The molecule has 1 aromatic heterocycles. The molecule has 0 saturated heterocycles. The van der Waals surface area contributed by atoms with Gasteiger partial charge in [-0.3, -0.25) is 0 Å². The van der Waals surface area contributed by atoms with E-state index in [4.69, 9.17) is 9.47 Å². The molecule has 0 aliphatic heterocycles. The number of fused-ring (bicyclic) bond motifs is 1. The third kappa shape index (κ3) is 3.79. The summed E-state index contributed by atoms with van der Waals surface area (Å²) in [5.41, 5.74) is 1.33. The fourth-order valence-corrected chi connectivity index (χ4v) is 3.34. The van der Waals surface area contributed by atoms with E-state index in [1.165, 1.54) is 26.4 Å². The number of carboxylic acid groups (broad SMARTS) is 2. The number of methoxy groups -OCH3 is 2. The SMILES string of the molecule is COc1ccc(CC(C(=O)O)=C(C(=O)O)c2ccc3nsnc3c2)c(OC)c1. The van der Waals surface area contributed by atoms with Crippen LogP contribution in [0.25, 0.3) is 16.6 Å². The lowest BCUT2D eigenvalue weighted by atomic mass is 9.94. The number of rotatable bonds is 7. The van der Waals surface area contributed by atoms with E-state index < -0.39 is 11.9 Å². The third-order valence-electron chi connectivity index (χ3n) is 4.18. The number of ether oxygens (including phenoxy) is 2. The first kappa shape index (κ1) is 19.3. The average Bonchev–Trinajstić information content (AvgIpc) is 3.15. The number of hydrogen-bond donors (Lipinski definition) is 2. The van der Waals surface area contributed by atoms with E-state index in [1.807, 2.05) is 0 Å². The molecule has 2 aromatic carbocycles. The molecule has 0 amide bonds. The fourth-order valence-electron chi connectivity index (χ4n) is 2.82. The maximum absolute atomic E-state index is 12.0. The van der Waals surface area contributed by atoms with Crippen molar-refractivity contribution in [2.45, 2.75) is 6.42 Å². The summed E-state index contributed by atoms with van der Waals surface area (Å²) in [5, 5.41) is 19.5. The Balaban J connectivity index is 2.14. The van der Waals surface area contributed by atoms with Gasteiger partial charge in [-0.15, -0.1) is 0 Å². The summed E-state index contributed by atoms with van der Waals surface area (Å²) >= 11 is 0.999. The number of nitrogens with zero attached hydrogens (tertiary/aromatic N) is 2. The van der Waals surface area contributed by atoms with Crippen LogP contribution in [0.5, 0.6) is 11.5 Å². The van der Waals surface area contributed by atoms with Crippen molar-refractivity contribution in [2.75, 3.05) is 14.2 Å². The van der Waals surface area contributed by atoms with E-state index >= 15 is 0 Å².